The molecule has 4 heterocycles. The molecular formula is C34H35N11O6. The van der Waals surface area contributed by atoms with Crippen molar-refractivity contribution in [3.05, 3.63) is 94.6 Å². The van der Waals surface area contributed by atoms with Crippen LogP contribution in [0.2, 0.25) is 0 Å². The minimum atomic E-state index is -1.11. The van der Waals surface area contributed by atoms with Crippen LogP contribution in [0.1, 0.15) is 60.0 Å². The smallest absolute Gasteiger partial charge is 0.335 e. The van der Waals surface area contributed by atoms with Crippen LogP contribution in [0.15, 0.2) is 60.7 Å². The van der Waals surface area contributed by atoms with Crippen LogP contribution < -0.4 is 16.4 Å². The summed E-state index contributed by atoms with van der Waals surface area (Å²) in [6, 6.07) is 12.6. The Morgan fingerprint density at radius 3 is 1.75 bits per heavy atom. The number of fused-ring (bicyclic) bond motifs is 2. The molecule has 0 aliphatic carbocycles. The van der Waals surface area contributed by atoms with Gasteiger partial charge in [-0.25, -0.2) is 14.8 Å². The van der Waals surface area contributed by atoms with Gasteiger partial charge in [0.25, 0.3) is 11.8 Å². The maximum Gasteiger partial charge on any atom is 0.335 e. The molecule has 17 heteroatoms. The average Bonchev–Trinajstić information content (AvgIpc) is 3.85. The number of nitrogens with one attached hydrogen (secondary N) is 2. The van der Waals surface area contributed by atoms with E-state index in [9.17, 15) is 29.4 Å². The SMILES string of the molecule is CCn1nc(C)cc1C(=O)Nc1nc2cc(C(=O)O)ccc2n1C/C=C/Cn1c(NC(=O)c2cc(C)nn2CCO)nc2cc(C(N)=O)ccc21. The Morgan fingerprint density at radius 2 is 1.25 bits per heavy atom. The van der Waals surface area contributed by atoms with Gasteiger partial charge in [-0.1, -0.05) is 12.2 Å². The van der Waals surface area contributed by atoms with E-state index < -0.39 is 23.7 Å². The summed E-state index contributed by atoms with van der Waals surface area (Å²) in [5.41, 5.74) is 9.69. The fourth-order valence-corrected chi connectivity index (χ4v) is 5.76. The number of aliphatic hydroxyl groups is 1. The first-order chi connectivity index (χ1) is 24.5. The molecule has 17 nitrogen and oxygen atoms in total. The summed E-state index contributed by atoms with van der Waals surface area (Å²) in [6.07, 6.45) is 3.66. The molecule has 4 aromatic heterocycles. The van der Waals surface area contributed by atoms with Crippen molar-refractivity contribution < 1.29 is 29.4 Å². The molecule has 0 bridgehead atoms. The number of nitrogens with zero attached hydrogens (tertiary/aromatic N) is 8. The number of aliphatic hydroxyl groups excluding tert-OH is 1. The minimum Gasteiger partial charge on any atom is -0.478 e. The van der Waals surface area contributed by atoms with Crippen LogP contribution >= 0.6 is 0 Å². The fourth-order valence-electron chi connectivity index (χ4n) is 5.76. The highest BCUT2D eigenvalue weighted by atomic mass is 16.4. The largest absolute Gasteiger partial charge is 0.478 e. The zero-order valence-corrected chi connectivity index (χ0v) is 28.0. The van der Waals surface area contributed by atoms with Crippen molar-refractivity contribution in [2.75, 3.05) is 17.2 Å². The standard InChI is InChI=1S/C34H35N11O6/c1-4-44-27(15-19(2)40-44)30(48)38-34-37-24-18-22(32(50)51)8-10-26(24)43(34)12-6-5-11-42-25-9-7-21(29(35)47)17-23(25)36-33(42)39-31(49)28-16-20(3)41-45(28)13-14-46/h5-10,15-18,46H,4,11-14H2,1-3H3,(H2,35,47)(H,50,51)(H,36,39,49)(H,37,38,48)/b6-5+. The Kier molecular flexibility index (Phi) is 9.46. The van der Waals surface area contributed by atoms with Gasteiger partial charge in [-0.2, -0.15) is 10.2 Å². The maximum absolute atomic E-state index is 13.4. The van der Waals surface area contributed by atoms with Gasteiger partial charge in [0.15, 0.2) is 0 Å². The number of aromatic nitrogens is 8. The number of imidazole rings is 2. The number of aromatic carboxylic acids is 1. The second-order valence-corrected chi connectivity index (χ2v) is 11.7. The van der Waals surface area contributed by atoms with Crippen LogP contribution in [-0.2, 0) is 26.2 Å². The molecule has 0 saturated heterocycles. The third-order valence-electron chi connectivity index (χ3n) is 8.10. The second kappa shape index (κ2) is 14.1. The quantitative estimate of drug-likeness (QED) is 0.111. The average molecular weight is 694 g/mol. The van der Waals surface area contributed by atoms with Crippen molar-refractivity contribution >= 4 is 57.7 Å². The van der Waals surface area contributed by atoms with Crippen LogP contribution in [0.5, 0.6) is 0 Å². The van der Waals surface area contributed by atoms with Crippen molar-refractivity contribution in [3.63, 3.8) is 0 Å². The molecular weight excluding hydrogens is 658 g/mol. The zero-order valence-electron chi connectivity index (χ0n) is 28.0. The summed E-state index contributed by atoms with van der Waals surface area (Å²) in [7, 11) is 0. The molecule has 0 saturated carbocycles. The molecule has 0 atom stereocenters. The van der Waals surface area contributed by atoms with E-state index in [1.807, 2.05) is 19.1 Å². The van der Waals surface area contributed by atoms with Gasteiger partial charge in [0.1, 0.15) is 11.4 Å². The molecule has 0 aliphatic rings. The molecule has 0 aliphatic heterocycles. The van der Waals surface area contributed by atoms with Crippen LogP contribution in [0, 0.1) is 13.8 Å². The Labute approximate surface area is 290 Å². The van der Waals surface area contributed by atoms with Gasteiger partial charge in [-0.15, -0.1) is 0 Å². The molecule has 6 rings (SSSR count). The highest BCUT2D eigenvalue weighted by Gasteiger charge is 2.21. The third-order valence-corrected chi connectivity index (χ3v) is 8.10. The Hall–Kier alpha value is -6.62. The van der Waals surface area contributed by atoms with Crippen molar-refractivity contribution in [3.8, 4) is 0 Å². The van der Waals surface area contributed by atoms with Gasteiger partial charge in [-0.3, -0.25) is 34.4 Å². The number of benzene rings is 2. The number of carbonyl (C=O) groups excluding carboxylic acids is 3. The van der Waals surface area contributed by atoms with E-state index in [1.54, 1.807) is 58.0 Å². The summed E-state index contributed by atoms with van der Waals surface area (Å²) >= 11 is 0. The number of allylic oxidation sites excluding steroid dienone is 2. The van der Waals surface area contributed by atoms with E-state index in [0.29, 0.717) is 45.7 Å². The Morgan fingerprint density at radius 1 is 0.765 bits per heavy atom. The van der Waals surface area contributed by atoms with E-state index in [0.717, 1.165) is 0 Å². The first kappa shape index (κ1) is 34.3. The zero-order chi connectivity index (χ0) is 36.4. The highest BCUT2D eigenvalue weighted by molar-refractivity contribution is 6.04. The molecule has 262 valence electrons. The van der Waals surface area contributed by atoms with Gasteiger partial charge in [0.05, 0.1) is 52.2 Å². The Bertz CT molecular complexity index is 2360. The number of carbonyl (C=O) groups is 4. The number of hydrogen-bond acceptors (Lipinski definition) is 9. The number of anilines is 2. The number of primary amides is 1. The molecule has 51 heavy (non-hydrogen) atoms. The molecule has 6 aromatic rings. The molecule has 0 radical (unpaired) electrons. The van der Waals surface area contributed by atoms with E-state index in [-0.39, 0.29) is 55.0 Å². The fraction of sp³-hybridized carbons (Fsp3) is 0.235. The van der Waals surface area contributed by atoms with Crippen molar-refractivity contribution in [1.82, 2.24) is 38.7 Å². The summed E-state index contributed by atoms with van der Waals surface area (Å²) < 4.78 is 6.48. The molecule has 6 N–H and O–H groups in total. The Balaban J connectivity index is 1.31. The van der Waals surface area contributed by atoms with Crippen molar-refractivity contribution in [2.24, 2.45) is 5.73 Å². The van der Waals surface area contributed by atoms with Crippen LogP contribution in [0.25, 0.3) is 22.1 Å². The lowest BCUT2D eigenvalue weighted by Crippen LogP contribution is -2.21. The van der Waals surface area contributed by atoms with Gasteiger partial charge in [-0.05, 0) is 69.3 Å². The monoisotopic (exact) mass is 693 g/mol. The minimum absolute atomic E-state index is 0.0517. The topological polar surface area (TPSA) is 230 Å². The lowest BCUT2D eigenvalue weighted by molar-refractivity contribution is 0.0696. The van der Waals surface area contributed by atoms with Crippen molar-refractivity contribution in [2.45, 2.75) is 47.0 Å². The van der Waals surface area contributed by atoms with Crippen molar-refractivity contribution in [1.29, 1.82) is 0 Å². The number of rotatable bonds is 13. The van der Waals surface area contributed by atoms with Gasteiger partial charge in [0, 0.05) is 25.2 Å². The normalized spacial score (nSPS) is 11.5. The predicted molar refractivity (Wildman–Crippen MR) is 187 cm³/mol. The van der Waals surface area contributed by atoms with E-state index in [2.05, 4.69) is 30.8 Å². The van der Waals surface area contributed by atoms with Gasteiger partial charge >= 0.3 is 5.97 Å². The second-order valence-electron chi connectivity index (χ2n) is 11.7. The van der Waals surface area contributed by atoms with Gasteiger partial charge < -0.3 is 25.1 Å². The lowest BCUT2D eigenvalue weighted by Gasteiger charge is -2.10. The van der Waals surface area contributed by atoms with E-state index in [4.69, 9.17) is 5.73 Å². The molecule has 0 unspecified atom stereocenters. The van der Waals surface area contributed by atoms with E-state index in [1.165, 1.54) is 22.9 Å². The molecule has 3 amide bonds. The van der Waals surface area contributed by atoms with Crippen LogP contribution in [-0.4, -0.2) is 79.2 Å². The summed E-state index contributed by atoms with van der Waals surface area (Å²) in [6.45, 7) is 6.27. The summed E-state index contributed by atoms with van der Waals surface area (Å²) in [5, 5.41) is 33.3. The number of carboxylic acids is 1. The molecule has 2 aromatic carbocycles. The van der Waals surface area contributed by atoms with Crippen LogP contribution in [0.3, 0.4) is 0 Å². The number of aryl methyl sites for hydroxylation is 3. The predicted octanol–water partition coefficient (Wildman–Crippen LogP) is 2.97. The summed E-state index contributed by atoms with van der Waals surface area (Å²) in [5.74, 6) is -2.25. The van der Waals surface area contributed by atoms with E-state index >= 15 is 0 Å². The number of nitrogens with two attached hydrogens (primary N) is 1. The van der Waals surface area contributed by atoms with Crippen LogP contribution in [0.4, 0.5) is 11.9 Å². The first-order valence-corrected chi connectivity index (χ1v) is 16.0. The summed E-state index contributed by atoms with van der Waals surface area (Å²) in [4.78, 5) is 59.4. The lowest BCUT2D eigenvalue weighted by atomic mass is 10.2. The third kappa shape index (κ3) is 6.95. The number of amides is 3. The first-order valence-electron chi connectivity index (χ1n) is 16.0. The maximum atomic E-state index is 13.4. The molecule has 0 spiro atoms. The number of carboxylic acid groups (broad SMARTS) is 1. The highest BCUT2D eigenvalue weighted by Crippen LogP contribution is 2.24. The number of hydrogen-bond donors (Lipinski definition) is 5. The molecule has 0 fully saturated rings. The van der Waals surface area contributed by atoms with Gasteiger partial charge in [0.2, 0.25) is 17.8 Å².